The normalized spacial score (nSPS) is 39.6. The molecule has 1 amide bonds. The average Bonchev–Trinajstić information content (AvgIpc) is 2.98. The molecule has 0 aromatic carbocycles. The van der Waals surface area contributed by atoms with Crippen molar-refractivity contribution in [3.63, 3.8) is 0 Å². The average molecular weight is 251 g/mol. The van der Waals surface area contributed by atoms with E-state index in [1.54, 1.807) is 0 Å². The number of primary amides is 1. The Morgan fingerprint density at radius 2 is 2.00 bits per heavy atom. The smallest absolute Gasteiger partial charge is 0.220 e. The van der Waals surface area contributed by atoms with Gasteiger partial charge in [0, 0.05) is 11.8 Å². The number of nitrogens with two attached hydrogens (primary N) is 1. The molecular formula is C13H21N3O2. The van der Waals surface area contributed by atoms with Crippen LogP contribution in [0, 0.1) is 17.8 Å². The molecule has 5 nitrogen and oxygen atoms in total. The first-order chi connectivity index (χ1) is 8.70. The number of likely N-dealkylation sites (tertiary alicyclic amines) is 1. The number of rotatable bonds is 2. The highest BCUT2D eigenvalue weighted by Crippen LogP contribution is 2.45. The predicted octanol–water partition coefficient (Wildman–Crippen LogP) is 0.812. The van der Waals surface area contributed by atoms with Crippen molar-refractivity contribution in [1.29, 1.82) is 0 Å². The summed E-state index contributed by atoms with van der Waals surface area (Å²) in [5, 5.41) is 12.8. The minimum atomic E-state index is -0.168. The van der Waals surface area contributed by atoms with Crippen molar-refractivity contribution >= 4 is 11.6 Å². The van der Waals surface area contributed by atoms with Crippen molar-refractivity contribution in [3.8, 4) is 0 Å². The molecule has 5 heteroatoms. The number of oxime groups is 1. The summed E-state index contributed by atoms with van der Waals surface area (Å²) in [5.41, 5.74) is 6.35. The van der Waals surface area contributed by atoms with Crippen LogP contribution in [0.25, 0.3) is 0 Å². The lowest BCUT2D eigenvalue weighted by atomic mass is 9.88. The highest BCUT2D eigenvalue weighted by atomic mass is 16.4. The molecule has 0 aromatic heterocycles. The topological polar surface area (TPSA) is 78.9 Å². The predicted molar refractivity (Wildman–Crippen MR) is 67.3 cm³/mol. The van der Waals surface area contributed by atoms with E-state index in [9.17, 15) is 10.0 Å². The second kappa shape index (κ2) is 4.53. The Morgan fingerprint density at radius 3 is 2.61 bits per heavy atom. The molecule has 2 saturated carbocycles. The molecule has 3 atom stereocenters. The van der Waals surface area contributed by atoms with Crippen molar-refractivity contribution in [3.05, 3.63) is 0 Å². The van der Waals surface area contributed by atoms with Crippen LogP contribution in [0.5, 0.6) is 0 Å². The summed E-state index contributed by atoms with van der Waals surface area (Å²) in [7, 11) is 0. The first kappa shape index (κ1) is 12.0. The van der Waals surface area contributed by atoms with Crippen LogP contribution >= 0.6 is 0 Å². The number of fused-ring (bicyclic) bond motifs is 2. The fourth-order valence-electron chi connectivity index (χ4n) is 4.14. The van der Waals surface area contributed by atoms with Gasteiger partial charge in [-0.05, 0) is 51.1 Å². The van der Waals surface area contributed by atoms with Gasteiger partial charge in [-0.1, -0.05) is 5.16 Å². The van der Waals surface area contributed by atoms with Gasteiger partial charge in [0.15, 0.2) is 0 Å². The van der Waals surface area contributed by atoms with Crippen LogP contribution in [0.1, 0.15) is 32.1 Å². The van der Waals surface area contributed by atoms with Crippen LogP contribution in [-0.4, -0.2) is 40.9 Å². The fraction of sp³-hybridized carbons (Fsp3) is 0.846. The maximum Gasteiger partial charge on any atom is 0.220 e. The van der Waals surface area contributed by atoms with Crippen LogP contribution in [-0.2, 0) is 4.79 Å². The third kappa shape index (κ3) is 1.81. The largest absolute Gasteiger partial charge is 0.411 e. The van der Waals surface area contributed by atoms with Gasteiger partial charge in [-0.2, -0.15) is 0 Å². The number of carbonyl (C=O) groups excluding carboxylic acids is 1. The molecule has 1 saturated heterocycles. The Kier molecular flexibility index (Phi) is 3.01. The second-order valence-corrected chi connectivity index (χ2v) is 5.95. The Hall–Kier alpha value is -1.10. The minimum Gasteiger partial charge on any atom is -0.411 e. The van der Waals surface area contributed by atoms with E-state index in [1.807, 2.05) is 0 Å². The third-order valence-corrected chi connectivity index (χ3v) is 5.08. The zero-order valence-electron chi connectivity index (χ0n) is 10.6. The molecule has 0 spiro atoms. The highest BCUT2D eigenvalue weighted by Gasteiger charge is 2.48. The number of amides is 1. The monoisotopic (exact) mass is 251 g/mol. The van der Waals surface area contributed by atoms with Gasteiger partial charge in [0.25, 0.3) is 0 Å². The summed E-state index contributed by atoms with van der Waals surface area (Å²) in [5.74, 6) is 1.03. The van der Waals surface area contributed by atoms with Crippen molar-refractivity contribution in [2.75, 3.05) is 13.1 Å². The summed E-state index contributed by atoms with van der Waals surface area (Å²) in [4.78, 5) is 13.6. The van der Waals surface area contributed by atoms with Crippen molar-refractivity contribution in [2.45, 2.75) is 38.1 Å². The molecule has 0 radical (unpaired) electrons. The Bertz CT molecular complexity index is 374. The van der Waals surface area contributed by atoms with Gasteiger partial charge >= 0.3 is 0 Å². The van der Waals surface area contributed by atoms with Crippen LogP contribution < -0.4 is 5.73 Å². The Balaban J connectivity index is 1.68. The van der Waals surface area contributed by atoms with Gasteiger partial charge in [0.05, 0.1) is 11.8 Å². The van der Waals surface area contributed by atoms with E-state index in [0.29, 0.717) is 17.9 Å². The number of hydrogen-bond acceptors (Lipinski definition) is 4. The molecule has 1 aliphatic heterocycles. The summed E-state index contributed by atoms with van der Waals surface area (Å²) in [6.45, 7) is 1.81. The molecule has 3 fully saturated rings. The van der Waals surface area contributed by atoms with Crippen molar-refractivity contribution in [2.24, 2.45) is 28.6 Å². The van der Waals surface area contributed by atoms with E-state index >= 15 is 0 Å². The molecule has 0 aromatic rings. The molecular weight excluding hydrogens is 230 g/mol. The van der Waals surface area contributed by atoms with Gasteiger partial charge < -0.3 is 10.9 Å². The van der Waals surface area contributed by atoms with Crippen LogP contribution in [0.2, 0.25) is 0 Å². The second-order valence-electron chi connectivity index (χ2n) is 5.95. The number of hydrogen-bond donors (Lipinski definition) is 2. The van der Waals surface area contributed by atoms with Gasteiger partial charge in [0.1, 0.15) is 0 Å². The minimum absolute atomic E-state index is 0.0364. The highest BCUT2D eigenvalue weighted by molar-refractivity contribution is 5.94. The molecule has 3 N–H and O–H groups in total. The molecule has 100 valence electrons. The van der Waals surface area contributed by atoms with Gasteiger partial charge in [-0.25, -0.2) is 0 Å². The van der Waals surface area contributed by atoms with E-state index in [-0.39, 0.29) is 11.8 Å². The maximum atomic E-state index is 11.2. The summed E-state index contributed by atoms with van der Waals surface area (Å²) in [6, 6.07) is 0.322. The third-order valence-electron chi connectivity index (χ3n) is 5.08. The molecule has 0 unspecified atom stereocenters. The van der Waals surface area contributed by atoms with E-state index in [2.05, 4.69) is 10.1 Å². The van der Waals surface area contributed by atoms with E-state index in [0.717, 1.165) is 31.6 Å². The first-order valence-corrected chi connectivity index (χ1v) is 6.96. The van der Waals surface area contributed by atoms with E-state index in [1.165, 1.54) is 19.3 Å². The fourth-order valence-corrected chi connectivity index (χ4v) is 4.14. The molecule has 2 bridgehead atoms. The van der Waals surface area contributed by atoms with E-state index in [4.69, 9.17) is 5.73 Å². The van der Waals surface area contributed by atoms with Crippen LogP contribution in [0.4, 0.5) is 0 Å². The van der Waals surface area contributed by atoms with Gasteiger partial charge in [-0.15, -0.1) is 0 Å². The molecule has 3 rings (SSSR count). The molecule has 3 aliphatic rings. The van der Waals surface area contributed by atoms with E-state index < -0.39 is 0 Å². The molecule has 18 heavy (non-hydrogen) atoms. The SMILES string of the molecule is NC(=O)C1CCN([C@@H]2/C(=N\O)[C@@H]3CC[C@@H]2C3)CC1. The zero-order chi connectivity index (χ0) is 12.7. The lowest BCUT2D eigenvalue weighted by Gasteiger charge is -2.38. The molecule has 2 aliphatic carbocycles. The van der Waals surface area contributed by atoms with Crippen molar-refractivity contribution < 1.29 is 10.0 Å². The zero-order valence-corrected chi connectivity index (χ0v) is 10.6. The maximum absolute atomic E-state index is 11.2. The van der Waals surface area contributed by atoms with Crippen LogP contribution in [0.15, 0.2) is 5.16 Å². The molecule has 1 heterocycles. The lowest BCUT2D eigenvalue weighted by molar-refractivity contribution is -0.123. The Morgan fingerprint density at radius 1 is 1.28 bits per heavy atom. The van der Waals surface area contributed by atoms with Crippen LogP contribution in [0.3, 0.4) is 0 Å². The standard InChI is InChI=1S/C13H21N3O2/c14-13(17)8-3-5-16(6-4-8)12-10-2-1-9(7-10)11(12)15-18/h8-10,12,18H,1-7H2,(H2,14,17)/b15-11-/t9-,10-,12+/m1/s1. The number of nitrogens with zero attached hydrogens (tertiary/aromatic N) is 2. The first-order valence-electron chi connectivity index (χ1n) is 6.96. The summed E-state index contributed by atoms with van der Waals surface area (Å²) < 4.78 is 0. The summed E-state index contributed by atoms with van der Waals surface area (Å²) >= 11 is 0. The summed E-state index contributed by atoms with van der Waals surface area (Å²) in [6.07, 6.45) is 5.31. The quantitative estimate of drug-likeness (QED) is 0.563. The Labute approximate surface area is 107 Å². The van der Waals surface area contributed by atoms with Gasteiger partial charge in [-0.3, -0.25) is 9.69 Å². The van der Waals surface area contributed by atoms with Gasteiger partial charge in [0.2, 0.25) is 5.91 Å². The number of carbonyl (C=O) groups is 1. The lowest BCUT2D eigenvalue weighted by Crippen LogP contribution is -2.49. The number of piperidine rings is 1. The van der Waals surface area contributed by atoms with Crippen molar-refractivity contribution in [1.82, 2.24) is 4.90 Å².